The van der Waals surface area contributed by atoms with Crippen LogP contribution in [0.5, 0.6) is 0 Å². The second-order valence-corrected chi connectivity index (χ2v) is 7.44. The second kappa shape index (κ2) is 7.84. The molecule has 1 aliphatic carbocycles. The molecule has 1 aliphatic rings. The van der Waals surface area contributed by atoms with Gasteiger partial charge in [-0.3, -0.25) is 4.79 Å². The van der Waals surface area contributed by atoms with Crippen LogP contribution >= 0.6 is 23.1 Å². The molecule has 2 rings (SSSR count). The molecule has 0 saturated heterocycles. The summed E-state index contributed by atoms with van der Waals surface area (Å²) in [6, 6.07) is 4.03. The predicted octanol–water partition coefficient (Wildman–Crippen LogP) is 3.28. The van der Waals surface area contributed by atoms with Crippen molar-refractivity contribution in [1.82, 2.24) is 5.32 Å². The number of carbonyl (C=O) groups is 2. The molecule has 0 spiro atoms. The van der Waals surface area contributed by atoms with Gasteiger partial charge >= 0.3 is 5.97 Å². The lowest BCUT2D eigenvalue weighted by molar-refractivity contribution is -0.148. The van der Waals surface area contributed by atoms with Crippen LogP contribution < -0.4 is 5.32 Å². The summed E-state index contributed by atoms with van der Waals surface area (Å²) in [5.74, 6) is 0.0554. The van der Waals surface area contributed by atoms with E-state index in [9.17, 15) is 14.7 Å². The van der Waals surface area contributed by atoms with Crippen LogP contribution in [0.4, 0.5) is 0 Å². The molecule has 1 aromatic heterocycles. The minimum absolute atomic E-state index is 0.166. The fourth-order valence-corrected chi connectivity index (χ4v) is 4.33. The van der Waals surface area contributed by atoms with E-state index in [0.29, 0.717) is 18.6 Å². The predicted molar refractivity (Wildman–Crippen MR) is 86.7 cm³/mol. The fraction of sp³-hybridized carbons (Fsp3) is 0.600. The van der Waals surface area contributed by atoms with Crippen LogP contribution in [-0.2, 0) is 15.3 Å². The van der Waals surface area contributed by atoms with Gasteiger partial charge in [0.2, 0.25) is 5.91 Å². The molecule has 0 radical (unpaired) electrons. The van der Waals surface area contributed by atoms with Gasteiger partial charge in [0.1, 0.15) is 5.54 Å². The van der Waals surface area contributed by atoms with E-state index < -0.39 is 11.5 Å². The number of carboxylic acids is 1. The van der Waals surface area contributed by atoms with E-state index in [-0.39, 0.29) is 5.91 Å². The first kappa shape index (κ1) is 16.4. The maximum absolute atomic E-state index is 12.1. The molecular formula is C15H21NO3S2. The Labute approximate surface area is 133 Å². The summed E-state index contributed by atoms with van der Waals surface area (Å²) in [6.45, 7) is 0. The van der Waals surface area contributed by atoms with Crippen LogP contribution in [0.1, 0.15) is 43.4 Å². The van der Waals surface area contributed by atoms with Crippen LogP contribution in [0.25, 0.3) is 0 Å². The first-order valence-corrected chi connectivity index (χ1v) is 9.30. The van der Waals surface area contributed by atoms with E-state index in [0.717, 1.165) is 31.4 Å². The molecule has 1 saturated carbocycles. The minimum Gasteiger partial charge on any atom is -0.480 e. The zero-order valence-electron chi connectivity index (χ0n) is 12.0. The van der Waals surface area contributed by atoms with Crippen molar-refractivity contribution < 1.29 is 14.7 Å². The Morgan fingerprint density at radius 2 is 2.00 bits per heavy atom. The second-order valence-electron chi connectivity index (χ2n) is 5.42. The number of hydrogen-bond donors (Lipinski definition) is 2. The number of amides is 1. The van der Waals surface area contributed by atoms with Gasteiger partial charge in [-0.2, -0.15) is 0 Å². The molecule has 0 atom stereocenters. The van der Waals surface area contributed by atoms with Crippen LogP contribution in [0.15, 0.2) is 17.5 Å². The Morgan fingerprint density at radius 3 is 2.57 bits per heavy atom. The maximum Gasteiger partial charge on any atom is 0.329 e. The highest BCUT2D eigenvalue weighted by molar-refractivity contribution is 7.99. The lowest BCUT2D eigenvalue weighted by Gasteiger charge is -2.29. The van der Waals surface area contributed by atoms with Gasteiger partial charge in [0.25, 0.3) is 0 Å². The summed E-state index contributed by atoms with van der Waals surface area (Å²) in [6.07, 6.45) is 4.94. The van der Waals surface area contributed by atoms with Gasteiger partial charge in [-0.15, -0.1) is 23.1 Å². The van der Waals surface area contributed by atoms with Gasteiger partial charge in [0.15, 0.2) is 0 Å². The Hall–Kier alpha value is -1.01. The molecule has 6 heteroatoms. The van der Waals surface area contributed by atoms with Gasteiger partial charge < -0.3 is 10.4 Å². The van der Waals surface area contributed by atoms with Crippen molar-refractivity contribution in [3.05, 3.63) is 22.4 Å². The first-order chi connectivity index (χ1) is 10.1. The number of carboxylic acid groups (broad SMARTS) is 1. The number of thioether (sulfide) groups is 1. The van der Waals surface area contributed by atoms with Crippen molar-refractivity contribution in [2.45, 2.75) is 49.8 Å². The first-order valence-electron chi connectivity index (χ1n) is 7.27. The molecule has 0 unspecified atom stereocenters. The van der Waals surface area contributed by atoms with Gasteiger partial charge in [0, 0.05) is 10.6 Å². The smallest absolute Gasteiger partial charge is 0.329 e. The highest BCUT2D eigenvalue weighted by atomic mass is 32.2. The van der Waals surface area contributed by atoms with E-state index in [1.165, 1.54) is 16.6 Å². The number of carbonyl (C=O) groups excluding carboxylic acids is 1. The van der Waals surface area contributed by atoms with Crippen LogP contribution in [-0.4, -0.2) is 28.3 Å². The third kappa shape index (κ3) is 4.74. The summed E-state index contributed by atoms with van der Waals surface area (Å²) in [7, 11) is 0. The molecule has 1 aromatic rings. The van der Waals surface area contributed by atoms with E-state index >= 15 is 0 Å². The molecule has 1 amide bonds. The van der Waals surface area contributed by atoms with Crippen molar-refractivity contribution >= 4 is 35.0 Å². The number of hydrogen-bond acceptors (Lipinski definition) is 4. The Kier molecular flexibility index (Phi) is 6.11. The zero-order chi connectivity index (χ0) is 15.1. The Bertz CT molecular complexity index is 465. The van der Waals surface area contributed by atoms with E-state index in [1.54, 1.807) is 11.3 Å². The molecule has 4 nitrogen and oxygen atoms in total. The standard InChI is InChI=1S/C15H21NO3S2/c17-13(11-20-10-12-6-5-9-21-12)16-15(14(18)19)7-3-1-2-4-8-15/h5-6,9H,1-4,7-8,10-11H2,(H,16,17)(H,18,19). The highest BCUT2D eigenvalue weighted by Gasteiger charge is 2.39. The molecule has 1 heterocycles. The molecular weight excluding hydrogens is 306 g/mol. The van der Waals surface area contributed by atoms with Gasteiger partial charge in [-0.05, 0) is 24.3 Å². The molecule has 1 fully saturated rings. The Balaban J connectivity index is 1.84. The van der Waals surface area contributed by atoms with Crippen LogP contribution in [0.3, 0.4) is 0 Å². The van der Waals surface area contributed by atoms with Crippen molar-refractivity contribution in [1.29, 1.82) is 0 Å². The lowest BCUT2D eigenvalue weighted by atomic mass is 9.90. The number of rotatable bonds is 6. The topological polar surface area (TPSA) is 66.4 Å². The number of aliphatic carboxylic acids is 1. The summed E-state index contributed by atoms with van der Waals surface area (Å²) >= 11 is 3.20. The minimum atomic E-state index is -1.04. The summed E-state index contributed by atoms with van der Waals surface area (Å²) in [4.78, 5) is 24.9. The van der Waals surface area contributed by atoms with Gasteiger partial charge in [-0.1, -0.05) is 31.7 Å². The third-order valence-corrected chi connectivity index (χ3v) is 5.84. The van der Waals surface area contributed by atoms with Crippen molar-refractivity contribution in [2.24, 2.45) is 0 Å². The van der Waals surface area contributed by atoms with E-state index in [2.05, 4.69) is 5.32 Å². The summed E-state index contributed by atoms with van der Waals surface area (Å²) in [5.41, 5.74) is -1.04. The number of thiophene rings is 1. The quantitative estimate of drug-likeness (QED) is 0.787. The third-order valence-electron chi connectivity index (χ3n) is 3.80. The number of nitrogens with one attached hydrogen (secondary N) is 1. The average Bonchev–Trinajstić information content (AvgIpc) is 2.84. The fourth-order valence-electron chi connectivity index (χ4n) is 2.67. The molecule has 0 aromatic carbocycles. The average molecular weight is 327 g/mol. The monoisotopic (exact) mass is 327 g/mol. The van der Waals surface area contributed by atoms with Crippen molar-refractivity contribution in [3.8, 4) is 0 Å². The van der Waals surface area contributed by atoms with E-state index in [1.807, 2.05) is 17.5 Å². The lowest BCUT2D eigenvalue weighted by Crippen LogP contribution is -2.54. The normalized spacial score (nSPS) is 17.9. The summed E-state index contributed by atoms with van der Waals surface area (Å²) < 4.78 is 0. The zero-order valence-corrected chi connectivity index (χ0v) is 13.6. The molecule has 0 aliphatic heterocycles. The highest BCUT2D eigenvalue weighted by Crippen LogP contribution is 2.28. The molecule has 0 bridgehead atoms. The van der Waals surface area contributed by atoms with E-state index in [4.69, 9.17) is 0 Å². The van der Waals surface area contributed by atoms with Crippen LogP contribution in [0.2, 0.25) is 0 Å². The van der Waals surface area contributed by atoms with Gasteiger partial charge in [0.05, 0.1) is 5.75 Å². The SMILES string of the molecule is O=C(CSCc1cccs1)NC1(C(=O)O)CCCCCC1. The molecule has 2 N–H and O–H groups in total. The van der Waals surface area contributed by atoms with Crippen molar-refractivity contribution in [3.63, 3.8) is 0 Å². The largest absolute Gasteiger partial charge is 0.480 e. The Morgan fingerprint density at radius 1 is 1.29 bits per heavy atom. The molecule has 21 heavy (non-hydrogen) atoms. The maximum atomic E-state index is 12.1. The van der Waals surface area contributed by atoms with Crippen LogP contribution in [0, 0.1) is 0 Å². The molecule has 116 valence electrons. The van der Waals surface area contributed by atoms with Crippen molar-refractivity contribution in [2.75, 3.05) is 5.75 Å². The summed E-state index contributed by atoms with van der Waals surface area (Å²) in [5, 5.41) is 14.3. The van der Waals surface area contributed by atoms with Gasteiger partial charge in [-0.25, -0.2) is 4.79 Å².